The fraction of sp³-hybridized carbons (Fsp3) is 1.00. The van der Waals surface area contributed by atoms with Crippen molar-refractivity contribution in [3.8, 4) is 0 Å². The highest BCUT2D eigenvalue weighted by atomic mass is 15.0. The zero-order valence-electron chi connectivity index (χ0n) is 10.8. The van der Waals surface area contributed by atoms with Gasteiger partial charge in [0.1, 0.15) is 0 Å². The van der Waals surface area contributed by atoms with Gasteiger partial charge in [0.15, 0.2) is 0 Å². The van der Waals surface area contributed by atoms with Crippen LogP contribution in [0.1, 0.15) is 53.9 Å². The second-order valence-electron chi connectivity index (χ2n) is 3.29. The molecule has 1 heterocycles. The molecule has 0 spiro atoms. The normalized spacial score (nSPS) is 16.1. The van der Waals surface area contributed by atoms with Crippen LogP contribution in [0.2, 0.25) is 0 Å². The highest BCUT2D eigenvalue weighted by Crippen LogP contribution is 2.00. The average Bonchev–Trinajstić information content (AvgIpc) is 2.24. The first-order valence-corrected chi connectivity index (χ1v) is 6.29. The molecule has 1 aliphatic rings. The standard InChI is InChI=1S/C7H16N2.C3H8.C2H6/c1-2-9-7-3-5-8-6-4-7;1-3-2;1-2/h7-9H,2-6H2,1H3;3H2,1-2H3;1-2H3. The van der Waals surface area contributed by atoms with E-state index in [4.69, 9.17) is 0 Å². The maximum absolute atomic E-state index is 3.44. The van der Waals surface area contributed by atoms with Crippen LogP contribution in [0.4, 0.5) is 0 Å². The van der Waals surface area contributed by atoms with Gasteiger partial charge >= 0.3 is 0 Å². The topological polar surface area (TPSA) is 24.1 Å². The lowest BCUT2D eigenvalue weighted by molar-refractivity contribution is 0.394. The zero-order chi connectivity index (χ0) is 11.2. The first kappa shape index (κ1) is 16.4. The van der Waals surface area contributed by atoms with E-state index in [0.29, 0.717) is 0 Å². The van der Waals surface area contributed by atoms with Crippen LogP contribution < -0.4 is 10.6 Å². The van der Waals surface area contributed by atoms with Gasteiger partial charge in [0, 0.05) is 6.04 Å². The van der Waals surface area contributed by atoms with Gasteiger partial charge in [0.05, 0.1) is 0 Å². The Morgan fingerprint density at radius 2 is 1.50 bits per heavy atom. The molecule has 1 saturated heterocycles. The summed E-state index contributed by atoms with van der Waals surface area (Å²) in [4.78, 5) is 0. The summed E-state index contributed by atoms with van der Waals surface area (Å²) in [6, 6.07) is 0.788. The SMILES string of the molecule is CC.CCC.CCNC1CCNCC1. The molecule has 0 atom stereocenters. The van der Waals surface area contributed by atoms with Crippen LogP contribution in [0, 0.1) is 0 Å². The molecular formula is C12H30N2. The molecule has 0 aromatic rings. The van der Waals surface area contributed by atoms with Crippen molar-refractivity contribution < 1.29 is 0 Å². The van der Waals surface area contributed by atoms with E-state index in [1.54, 1.807) is 0 Å². The van der Waals surface area contributed by atoms with Crippen LogP contribution in [-0.4, -0.2) is 25.7 Å². The first-order valence-electron chi connectivity index (χ1n) is 6.29. The third-order valence-electron chi connectivity index (χ3n) is 1.83. The van der Waals surface area contributed by atoms with Crippen LogP contribution in [0.25, 0.3) is 0 Å². The van der Waals surface area contributed by atoms with Gasteiger partial charge in [-0.05, 0) is 32.5 Å². The summed E-state index contributed by atoms with van der Waals surface area (Å²) < 4.78 is 0. The summed E-state index contributed by atoms with van der Waals surface area (Å²) in [5.41, 5.74) is 0. The molecule has 0 unspecified atom stereocenters. The predicted molar refractivity (Wildman–Crippen MR) is 66.9 cm³/mol. The summed E-state index contributed by atoms with van der Waals surface area (Å²) in [5.74, 6) is 0. The molecule has 0 saturated carbocycles. The maximum atomic E-state index is 3.44. The lowest BCUT2D eigenvalue weighted by Crippen LogP contribution is -2.39. The van der Waals surface area contributed by atoms with Gasteiger partial charge in [0.25, 0.3) is 0 Å². The van der Waals surface area contributed by atoms with E-state index in [9.17, 15) is 0 Å². The molecule has 0 aromatic carbocycles. The summed E-state index contributed by atoms with van der Waals surface area (Å²) in [7, 11) is 0. The van der Waals surface area contributed by atoms with E-state index in [-0.39, 0.29) is 0 Å². The molecule has 0 radical (unpaired) electrons. The number of piperidine rings is 1. The largest absolute Gasteiger partial charge is 0.317 e. The number of nitrogens with one attached hydrogen (secondary N) is 2. The molecule has 0 aliphatic carbocycles. The molecule has 1 aliphatic heterocycles. The van der Waals surface area contributed by atoms with Crippen LogP contribution in [0.3, 0.4) is 0 Å². The predicted octanol–water partition coefficient (Wildman–Crippen LogP) is 2.79. The van der Waals surface area contributed by atoms with Gasteiger partial charge in [-0.2, -0.15) is 0 Å². The van der Waals surface area contributed by atoms with Gasteiger partial charge in [-0.3, -0.25) is 0 Å². The molecule has 0 aromatic heterocycles. The van der Waals surface area contributed by atoms with Crippen molar-refractivity contribution in [3.63, 3.8) is 0 Å². The lowest BCUT2D eigenvalue weighted by atomic mass is 10.1. The molecular weight excluding hydrogens is 172 g/mol. The Labute approximate surface area is 90.9 Å². The van der Waals surface area contributed by atoms with Crippen molar-refractivity contribution in [2.45, 2.75) is 59.9 Å². The average molecular weight is 202 g/mol. The van der Waals surface area contributed by atoms with Crippen LogP contribution in [0.5, 0.6) is 0 Å². The Kier molecular flexibility index (Phi) is 18.0. The summed E-state index contributed by atoms with van der Waals surface area (Å²) >= 11 is 0. The summed E-state index contributed by atoms with van der Waals surface area (Å²) in [6.45, 7) is 13.9. The van der Waals surface area contributed by atoms with E-state index in [2.05, 4.69) is 31.4 Å². The van der Waals surface area contributed by atoms with Crippen molar-refractivity contribution >= 4 is 0 Å². The summed E-state index contributed by atoms with van der Waals surface area (Å²) in [5, 5.41) is 6.78. The molecule has 1 fully saturated rings. The quantitative estimate of drug-likeness (QED) is 0.719. The van der Waals surface area contributed by atoms with E-state index >= 15 is 0 Å². The molecule has 0 bridgehead atoms. The molecule has 0 amide bonds. The lowest BCUT2D eigenvalue weighted by Gasteiger charge is -2.22. The Hall–Kier alpha value is -0.0800. The van der Waals surface area contributed by atoms with Crippen molar-refractivity contribution in [2.75, 3.05) is 19.6 Å². The Bertz CT molecular complexity index is 75.6. The Balaban J connectivity index is 0. The van der Waals surface area contributed by atoms with E-state index in [0.717, 1.165) is 12.6 Å². The van der Waals surface area contributed by atoms with Crippen molar-refractivity contribution in [3.05, 3.63) is 0 Å². The minimum absolute atomic E-state index is 0.788. The number of hydrogen-bond donors (Lipinski definition) is 2. The number of rotatable bonds is 2. The highest BCUT2D eigenvalue weighted by Gasteiger charge is 2.09. The van der Waals surface area contributed by atoms with Crippen LogP contribution in [-0.2, 0) is 0 Å². The second kappa shape index (κ2) is 15.4. The van der Waals surface area contributed by atoms with E-state index in [1.165, 1.54) is 32.4 Å². The third-order valence-corrected chi connectivity index (χ3v) is 1.83. The smallest absolute Gasteiger partial charge is 0.00911 e. The zero-order valence-corrected chi connectivity index (χ0v) is 10.8. The van der Waals surface area contributed by atoms with Gasteiger partial charge in [-0.1, -0.05) is 41.0 Å². The monoisotopic (exact) mass is 202 g/mol. The van der Waals surface area contributed by atoms with Crippen LogP contribution in [0.15, 0.2) is 0 Å². The highest BCUT2D eigenvalue weighted by molar-refractivity contribution is 4.72. The fourth-order valence-electron chi connectivity index (χ4n) is 1.31. The first-order chi connectivity index (χ1) is 6.85. The molecule has 2 nitrogen and oxygen atoms in total. The van der Waals surface area contributed by atoms with E-state index in [1.807, 2.05) is 13.8 Å². The molecule has 88 valence electrons. The fourth-order valence-corrected chi connectivity index (χ4v) is 1.31. The van der Waals surface area contributed by atoms with Gasteiger partial charge < -0.3 is 10.6 Å². The third kappa shape index (κ3) is 11.9. The van der Waals surface area contributed by atoms with E-state index < -0.39 is 0 Å². The van der Waals surface area contributed by atoms with Crippen LogP contribution >= 0.6 is 0 Å². The minimum atomic E-state index is 0.788. The molecule has 2 N–H and O–H groups in total. The van der Waals surface area contributed by atoms with Gasteiger partial charge in [-0.15, -0.1) is 0 Å². The molecule has 2 heteroatoms. The molecule has 1 rings (SSSR count). The maximum Gasteiger partial charge on any atom is 0.00911 e. The van der Waals surface area contributed by atoms with Gasteiger partial charge in [0.2, 0.25) is 0 Å². The molecule has 14 heavy (non-hydrogen) atoms. The minimum Gasteiger partial charge on any atom is -0.317 e. The Morgan fingerprint density at radius 1 is 1.07 bits per heavy atom. The second-order valence-corrected chi connectivity index (χ2v) is 3.29. The Morgan fingerprint density at radius 3 is 1.86 bits per heavy atom. The van der Waals surface area contributed by atoms with Crippen molar-refractivity contribution in [1.29, 1.82) is 0 Å². The van der Waals surface area contributed by atoms with Crippen molar-refractivity contribution in [1.82, 2.24) is 10.6 Å². The van der Waals surface area contributed by atoms with Gasteiger partial charge in [-0.25, -0.2) is 0 Å². The number of hydrogen-bond acceptors (Lipinski definition) is 2. The summed E-state index contributed by atoms with van der Waals surface area (Å²) in [6.07, 6.45) is 3.85. The van der Waals surface area contributed by atoms with Crippen molar-refractivity contribution in [2.24, 2.45) is 0 Å².